The summed E-state index contributed by atoms with van der Waals surface area (Å²) in [6, 6.07) is 0.477. The Labute approximate surface area is 57.8 Å². The van der Waals surface area contributed by atoms with Crippen molar-refractivity contribution < 1.29 is 5.11 Å². The maximum atomic E-state index is 8.43. The summed E-state index contributed by atoms with van der Waals surface area (Å²) in [5.74, 6) is 0. The lowest BCUT2D eigenvalue weighted by molar-refractivity contribution is 0.585. The third-order valence-electron chi connectivity index (χ3n) is 0.827. The summed E-state index contributed by atoms with van der Waals surface area (Å²) in [5.41, 5.74) is 0. The average molecular weight is 148 g/mol. The summed E-state index contributed by atoms with van der Waals surface area (Å²) in [5, 5.41) is 8.43. The van der Waals surface area contributed by atoms with E-state index in [1.54, 1.807) is 0 Å². The molecule has 1 radical (unpaired) electrons. The molecule has 0 atom stereocenters. The lowest BCUT2D eigenvalue weighted by Crippen LogP contribution is -1.99. The molecule has 0 amide bonds. The lowest BCUT2D eigenvalue weighted by atomic mass is 10.8. The van der Waals surface area contributed by atoms with Crippen molar-refractivity contribution in [3.8, 4) is 0 Å². The normalized spacial score (nSPS) is 18.5. The molecule has 0 bridgehead atoms. The topological polar surface area (TPSA) is 34.3 Å². The Hall–Kier alpha value is 0.200. The monoisotopic (exact) mass is 148 g/mol. The van der Waals surface area contributed by atoms with Gasteiger partial charge in [-0.15, -0.1) is 0 Å². The summed E-state index contributed by atoms with van der Waals surface area (Å²) in [6.07, 6.45) is 2.32. The molecule has 0 aromatic carbocycles. The van der Waals surface area contributed by atoms with E-state index in [1.807, 2.05) is 0 Å². The summed E-state index contributed by atoms with van der Waals surface area (Å²) >= 11 is 5.38. The molecule has 0 heterocycles. The molecule has 1 aliphatic rings. The molecule has 4 heteroatoms. The highest BCUT2D eigenvalue weighted by molar-refractivity contribution is 8.21. The molecule has 0 aliphatic heterocycles. The number of aliphatic hydroxyl groups excluding tert-OH is 1. The van der Waals surface area contributed by atoms with E-state index < -0.39 is 0 Å². The predicted molar refractivity (Wildman–Crippen MR) is 38.0 cm³/mol. The minimum atomic E-state index is -0.0723. The number of hydrogen-bond donors (Lipinski definition) is 1. The van der Waals surface area contributed by atoms with Crippen molar-refractivity contribution in [2.75, 3.05) is 0 Å². The molecule has 0 saturated heterocycles. The second kappa shape index (κ2) is 2.66. The third kappa shape index (κ3) is 2.49. The molecular weight excluding hydrogens is 142 g/mol. The van der Waals surface area contributed by atoms with E-state index in [0.717, 1.165) is 24.8 Å². The van der Waals surface area contributed by atoms with Crippen LogP contribution in [0.1, 0.15) is 12.8 Å². The molecule has 1 rings (SSSR count). The standard InChI is InChI=1S/C4H6NOS2/c6-4(7)8-5-3-1-2-3/h3H,1-2H2,(H,6,7). The minimum absolute atomic E-state index is 0.0723. The maximum Gasteiger partial charge on any atom is 0.234 e. The molecule has 8 heavy (non-hydrogen) atoms. The van der Waals surface area contributed by atoms with Crippen LogP contribution in [0, 0.1) is 0 Å². The molecule has 1 saturated carbocycles. The quantitative estimate of drug-likeness (QED) is 0.472. The second-order valence-corrected chi connectivity index (χ2v) is 3.12. The van der Waals surface area contributed by atoms with Gasteiger partial charge in [-0.2, -0.15) is 4.72 Å². The smallest absolute Gasteiger partial charge is 0.234 e. The highest BCUT2D eigenvalue weighted by Gasteiger charge is 2.22. The zero-order chi connectivity index (χ0) is 5.98. The molecular formula is C4H6NOS2. The van der Waals surface area contributed by atoms with Crippen molar-refractivity contribution in [1.82, 2.24) is 4.72 Å². The highest BCUT2D eigenvalue weighted by Crippen LogP contribution is 2.23. The Kier molecular flexibility index (Phi) is 2.10. The molecule has 1 aliphatic carbocycles. The zero-order valence-electron chi connectivity index (χ0n) is 4.20. The van der Waals surface area contributed by atoms with Crippen molar-refractivity contribution in [3.05, 3.63) is 0 Å². The van der Waals surface area contributed by atoms with Crippen LogP contribution in [0.25, 0.3) is 0 Å². The van der Waals surface area contributed by atoms with E-state index in [1.165, 1.54) is 0 Å². The van der Waals surface area contributed by atoms with Crippen molar-refractivity contribution in [1.29, 1.82) is 0 Å². The Morgan fingerprint density at radius 3 is 2.75 bits per heavy atom. The van der Waals surface area contributed by atoms with Gasteiger partial charge in [-0.3, -0.25) is 0 Å². The predicted octanol–water partition coefficient (Wildman–Crippen LogP) is 1.24. The van der Waals surface area contributed by atoms with Gasteiger partial charge in [-0.1, -0.05) is 0 Å². The van der Waals surface area contributed by atoms with E-state index in [2.05, 4.69) is 16.9 Å². The van der Waals surface area contributed by atoms with E-state index in [4.69, 9.17) is 5.11 Å². The van der Waals surface area contributed by atoms with Crippen molar-refractivity contribution >= 4 is 28.5 Å². The van der Waals surface area contributed by atoms with E-state index in [-0.39, 0.29) is 4.38 Å². The van der Waals surface area contributed by atoms with Crippen LogP contribution in [-0.2, 0) is 0 Å². The van der Waals surface area contributed by atoms with E-state index in [0.29, 0.717) is 6.04 Å². The summed E-state index contributed by atoms with van der Waals surface area (Å²) < 4.78 is 3.89. The van der Waals surface area contributed by atoms with Crippen LogP contribution in [0.5, 0.6) is 0 Å². The molecule has 0 aromatic heterocycles. The van der Waals surface area contributed by atoms with Gasteiger partial charge in [-0.05, 0) is 25.1 Å². The Balaban J connectivity index is 1.95. The summed E-state index contributed by atoms with van der Waals surface area (Å²) in [4.78, 5) is 0. The first-order chi connectivity index (χ1) is 3.79. The van der Waals surface area contributed by atoms with Gasteiger partial charge in [0.1, 0.15) is 0 Å². The average Bonchev–Trinajstić information content (AvgIpc) is 2.41. The fraction of sp³-hybridized carbons (Fsp3) is 0.750. The number of rotatable bonds is 2. The number of thiocarbonyl (C=S) groups is 1. The Morgan fingerprint density at radius 2 is 2.38 bits per heavy atom. The van der Waals surface area contributed by atoms with Crippen LogP contribution in [0.3, 0.4) is 0 Å². The van der Waals surface area contributed by atoms with Gasteiger partial charge in [0.25, 0.3) is 0 Å². The minimum Gasteiger partial charge on any atom is -0.493 e. The Bertz CT molecular complexity index is 102. The fourth-order valence-corrected chi connectivity index (χ4v) is 0.879. The van der Waals surface area contributed by atoms with Gasteiger partial charge in [-0.25, -0.2) is 0 Å². The fourth-order valence-electron chi connectivity index (χ4n) is 0.300. The lowest BCUT2D eigenvalue weighted by Gasteiger charge is -1.90. The molecule has 2 nitrogen and oxygen atoms in total. The molecule has 0 aromatic rings. The van der Waals surface area contributed by atoms with Gasteiger partial charge < -0.3 is 5.11 Å². The maximum absolute atomic E-state index is 8.43. The van der Waals surface area contributed by atoms with Crippen LogP contribution >= 0.6 is 24.2 Å². The number of aliphatic hydroxyl groups is 1. The third-order valence-corrected chi connectivity index (χ3v) is 1.61. The van der Waals surface area contributed by atoms with Gasteiger partial charge >= 0.3 is 0 Å². The van der Waals surface area contributed by atoms with Crippen LogP contribution in [0.15, 0.2) is 0 Å². The number of nitrogens with zero attached hydrogens (tertiary/aromatic N) is 1. The molecule has 1 fully saturated rings. The first-order valence-corrected chi connectivity index (χ1v) is 3.57. The van der Waals surface area contributed by atoms with E-state index in [9.17, 15) is 0 Å². The molecule has 0 unspecified atom stereocenters. The van der Waals surface area contributed by atoms with Crippen LogP contribution in [0.2, 0.25) is 0 Å². The van der Waals surface area contributed by atoms with Gasteiger partial charge in [0, 0.05) is 18.0 Å². The molecule has 45 valence electrons. The summed E-state index contributed by atoms with van der Waals surface area (Å²) in [7, 11) is 0. The SMILES string of the molecule is OC(=S)S[N]C1CC1. The first-order valence-electron chi connectivity index (χ1n) is 2.39. The second-order valence-electron chi connectivity index (χ2n) is 1.69. The van der Waals surface area contributed by atoms with Crippen LogP contribution in [0.4, 0.5) is 0 Å². The van der Waals surface area contributed by atoms with Crippen molar-refractivity contribution in [2.24, 2.45) is 0 Å². The van der Waals surface area contributed by atoms with Crippen molar-refractivity contribution in [3.63, 3.8) is 0 Å². The zero-order valence-corrected chi connectivity index (χ0v) is 5.84. The Morgan fingerprint density at radius 1 is 1.75 bits per heavy atom. The van der Waals surface area contributed by atoms with E-state index >= 15 is 0 Å². The van der Waals surface area contributed by atoms with Gasteiger partial charge in [0.2, 0.25) is 4.38 Å². The molecule has 0 spiro atoms. The number of hydrogen-bond acceptors (Lipinski definition) is 2. The largest absolute Gasteiger partial charge is 0.493 e. The first kappa shape index (κ1) is 6.32. The summed E-state index contributed by atoms with van der Waals surface area (Å²) in [6.45, 7) is 0. The van der Waals surface area contributed by atoms with Gasteiger partial charge in [0.15, 0.2) is 0 Å². The molecule has 1 N–H and O–H groups in total. The van der Waals surface area contributed by atoms with Crippen LogP contribution in [-0.4, -0.2) is 15.5 Å². The van der Waals surface area contributed by atoms with Crippen LogP contribution < -0.4 is 4.72 Å². The van der Waals surface area contributed by atoms with Crippen molar-refractivity contribution in [2.45, 2.75) is 18.9 Å². The highest BCUT2D eigenvalue weighted by atomic mass is 32.2. The van der Waals surface area contributed by atoms with Gasteiger partial charge in [0.05, 0.1) is 0 Å².